The normalized spacial score (nSPS) is 13.8. The van der Waals surface area contributed by atoms with Crippen molar-refractivity contribution in [3.8, 4) is 0 Å². The second-order valence-electron chi connectivity index (χ2n) is 7.77. The Morgan fingerprint density at radius 1 is 0.543 bits per heavy atom. The first-order chi connectivity index (χ1) is 16.6. The molecule has 0 aliphatic heterocycles. The zero-order valence-corrected chi connectivity index (χ0v) is 18.5. The van der Waals surface area contributed by atoms with Crippen molar-refractivity contribution in [2.75, 3.05) is 0 Å². The molecular formula is C26H14F6N2S. The Balaban J connectivity index is 1.69. The summed E-state index contributed by atoms with van der Waals surface area (Å²) in [6.45, 7) is 0. The molecule has 0 unspecified atom stereocenters. The smallest absolute Gasteiger partial charge is 0.243 e. The molecule has 0 atom stereocenters. The Bertz CT molecular complexity index is 1530. The highest BCUT2D eigenvalue weighted by molar-refractivity contribution is 7.09. The van der Waals surface area contributed by atoms with Crippen molar-refractivity contribution in [2.45, 2.75) is 12.4 Å². The second-order valence-corrected chi connectivity index (χ2v) is 8.85. The molecule has 35 heavy (non-hydrogen) atoms. The average molecular weight is 500 g/mol. The number of para-hydroxylation sites is 2. The van der Waals surface area contributed by atoms with Crippen LogP contribution in [0.1, 0.15) is 22.3 Å². The standard InChI is InChI=1S/C26H14F6N2S/c27-25(28,29)17-9-5-15(6-10-17)13-21-23-24(34-20-4-2-1-3-19(20)33-23)22(35-21)14-16-7-11-18(12-8-16)26(30,31)32/h1-14H. The topological polar surface area (TPSA) is 25.8 Å². The molecule has 0 amide bonds. The van der Waals surface area contributed by atoms with Crippen molar-refractivity contribution in [3.63, 3.8) is 0 Å². The van der Waals surface area contributed by atoms with Crippen molar-refractivity contribution in [3.05, 3.63) is 104 Å². The van der Waals surface area contributed by atoms with Crippen molar-refractivity contribution < 1.29 is 26.3 Å². The van der Waals surface area contributed by atoms with E-state index in [1.165, 1.54) is 35.6 Å². The molecule has 2 nitrogen and oxygen atoms in total. The first kappa shape index (κ1) is 23.0. The highest BCUT2D eigenvalue weighted by Gasteiger charge is 2.30. The maximum absolute atomic E-state index is 12.9. The molecule has 2 aromatic heterocycles. The molecule has 5 aromatic rings. The minimum absolute atomic E-state index is 0.553. The molecule has 5 rings (SSSR count). The van der Waals surface area contributed by atoms with E-state index >= 15 is 0 Å². The lowest BCUT2D eigenvalue weighted by atomic mass is 10.1. The molecule has 176 valence electrons. The lowest BCUT2D eigenvalue weighted by molar-refractivity contribution is -0.138. The van der Waals surface area contributed by atoms with Gasteiger partial charge < -0.3 is 0 Å². The molecule has 0 spiro atoms. The van der Waals surface area contributed by atoms with Gasteiger partial charge in [0.2, 0.25) is 0 Å². The summed E-state index contributed by atoms with van der Waals surface area (Å²) in [4.78, 5) is 9.41. The lowest BCUT2D eigenvalue weighted by Crippen LogP contribution is -2.04. The van der Waals surface area contributed by atoms with Crippen LogP contribution in [0.3, 0.4) is 0 Å². The zero-order valence-electron chi connectivity index (χ0n) is 17.7. The molecule has 3 aromatic carbocycles. The van der Waals surface area contributed by atoms with Crippen LogP contribution in [0.25, 0.3) is 34.2 Å². The van der Waals surface area contributed by atoms with E-state index in [0.29, 0.717) is 42.3 Å². The molecule has 0 aliphatic rings. The zero-order chi connectivity index (χ0) is 24.8. The number of fused-ring (bicyclic) bond motifs is 2. The molecule has 0 fully saturated rings. The SMILES string of the molecule is FC(F)(F)c1ccc(C=c2sc(=Cc3ccc(C(F)(F)F)cc3)c3nc4ccccc4nc23)cc1. The summed E-state index contributed by atoms with van der Waals surface area (Å²) in [6.07, 6.45) is -5.41. The third-order valence-electron chi connectivity index (χ3n) is 5.33. The largest absolute Gasteiger partial charge is 0.416 e. The molecule has 0 aliphatic carbocycles. The van der Waals surface area contributed by atoms with Gasteiger partial charge in [0.05, 0.1) is 31.2 Å². The summed E-state index contributed by atoms with van der Waals surface area (Å²) in [5, 5.41) is 0. The Hall–Kier alpha value is -3.72. The van der Waals surface area contributed by atoms with Gasteiger partial charge in [0, 0.05) is 0 Å². The lowest BCUT2D eigenvalue weighted by Gasteiger charge is -2.05. The number of nitrogens with zero attached hydrogens (tertiary/aromatic N) is 2. The number of hydrogen-bond acceptors (Lipinski definition) is 3. The van der Waals surface area contributed by atoms with Crippen molar-refractivity contribution in [1.29, 1.82) is 0 Å². The van der Waals surface area contributed by atoms with Gasteiger partial charge in [0.25, 0.3) is 0 Å². The number of rotatable bonds is 2. The van der Waals surface area contributed by atoms with Crippen LogP contribution in [-0.4, -0.2) is 9.97 Å². The van der Waals surface area contributed by atoms with Crippen molar-refractivity contribution in [2.24, 2.45) is 0 Å². The van der Waals surface area contributed by atoms with Gasteiger partial charge in [-0.2, -0.15) is 26.3 Å². The average Bonchev–Trinajstić information content (AvgIpc) is 3.13. The van der Waals surface area contributed by atoms with Gasteiger partial charge in [-0.05, 0) is 59.7 Å². The van der Waals surface area contributed by atoms with Gasteiger partial charge in [-0.25, -0.2) is 9.97 Å². The van der Waals surface area contributed by atoms with Crippen LogP contribution >= 0.6 is 11.3 Å². The van der Waals surface area contributed by atoms with Gasteiger partial charge in [0.15, 0.2) is 0 Å². The Labute approximate surface area is 198 Å². The number of alkyl halides is 6. The van der Waals surface area contributed by atoms with Gasteiger partial charge in [-0.3, -0.25) is 0 Å². The number of thiophene rings is 1. The van der Waals surface area contributed by atoms with Crippen molar-refractivity contribution in [1.82, 2.24) is 9.97 Å². The summed E-state index contributed by atoms with van der Waals surface area (Å²) in [5.74, 6) is 0. The van der Waals surface area contributed by atoms with Gasteiger partial charge >= 0.3 is 12.4 Å². The molecule has 9 heteroatoms. The van der Waals surface area contributed by atoms with Gasteiger partial charge in [-0.15, -0.1) is 11.3 Å². The molecule has 0 saturated carbocycles. The summed E-state index contributed by atoms with van der Waals surface area (Å²) in [7, 11) is 0. The van der Waals surface area contributed by atoms with Gasteiger partial charge in [-0.1, -0.05) is 36.4 Å². The Morgan fingerprint density at radius 2 is 0.914 bits per heavy atom. The minimum Gasteiger partial charge on any atom is -0.243 e. The van der Waals surface area contributed by atoms with Gasteiger partial charge in [0.1, 0.15) is 11.0 Å². The quantitative estimate of drug-likeness (QED) is 0.257. The molecular weight excluding hydrogens is 486 g/mol. The van der Waals surface area contributed by atoms with E-state index < -0.39 is 23.5 Å². The maximum Gasteiger partial charge on any atom is 0.416 e. The summed E-state index contributed by atoms with van der Waals surface area (Å²) in [5.41, 5.74) is 2.05. The third-order valence-corrected chi connectivity index (χ3v) is 6.39. The highest BCUT2D eigenvalue weighted by atomic mass is 32.1. The van der Waals surface area contributed by atoms with Crippen LogP contribution in [0.4, 0.5) is 26.3 Å². The molecule has 0 radical (unpaired) electrons. The number of hydrogen-bond donors (Lipinski definition) is 0. The van der Waals surface area contributed by atoms with E-state index in [1.807, 2.05) is 12.1 Å². The maximum atomic E-state index is 12.9. The number of benzene rings is 3. The predicted octanol–water partition coefficient (Wildman–Crippen LogP) is 6.54. The van der Waals surface area contributed by atoms with Crippen LogP contribution in [0.5, 0.6) is 0 Å². The van der Waals surface area contributed by atoms with Crippen LogP contribution in [-0.2, 0) is 12.4 Å². The fourth-order valence-electron chi connectivity index (χ4n) is 3.59. The predicted molar refractivity (Wildman–Crippen MR) is 124 cm³/mol. The summed E-state index contributed by atoms with van der Waals surface area (Å²) < 4.78 is 78.8. The van der Waals surface area contributed by atoms with E-state index in [0.717, 1.165) is 24.3 Å². The summed E-state index contributed by atoms with van der Waals surface area (Å²) in [6, 6.07) is 16.8. The first-order valence-electron chi connectivity index (χ1n) is 10.3. The first-order valence-corrected chi connectivity index (χ1v) is 11.1. The van der Waals surface area contributed by atoms with E-state index in [2.05, 4.69) is 0 Å². The van der Waals surface area contributed by atoms with E-state index in [-0.39, 0.29) is 0 Å². The van der Waals surface area contributed by atoms with Crippen LogP contribution in [0, 0.1) is 0 Å². The van der Waals surface area contributed by atoms with E-state index in [9.17, 15) is 26.3 Å². The Morgan fingerprint density at radius 3 is 1.26 bits per heavy atom. The van der Waals surface area contributed by atoms with E-state index in [1.54, 1.807) is 24.3 Å². The molecule has 0 saturated heterocycles. The molecule has 0 bridgehead atoms. The number of halogens is 6. The van der Waals surface area contributed by atoms with Crippen LogP contribution < -0.4 is 9.06 Å². The highest BCUT2D eigenvalue weighted by Crippen LogP contribution is 2.30. The fourth-order valence-corrected chi connectivity index (χ4v) is 4.70. The minimum atomic E-state index is -4.43. The fraction of sp³-hybridized carbons (Fsp3) is 0.0769. The van der Waals surface area contributed by atoms with Crippen LogP contribution in [0.15, 0.2) is 72.8 Å². The molecule has 0 N–H and O–H groups in total. The summed E-state index contributed by atoms with van der Waals surface area (Å²) >= 11 is 1.31. The molecule has 2 heterocycles. The second kappa shape index (κ2) is 8.49. The third kappa shape index (κ3) is 4.77. The van der Waals surface area contributed by atoms with Crippen LogP contribution in [0.2, 0.25) is 0 Å². The van der Waals surface area contributed by atoms with Crippen molar-refractivity contribution >= 4 is 45.6 Å². The van der Waals surface area contributed by atoms with E-state index in [4.69, 9.17) is 9.97 Å². The Kier molecular flexibility index (Phi) is 5.59. The monoisotopic (exact) mass is 500 g/mol. The number of aromatic nitrogens is 2.